The van der Waals surface area contributed by atoms with Crippen LogP contribution in [-0.4, -0.2) is 14.6 Å². The van der Waals surface area contributed by atoms with Crippen molar-refractivity contribution in [2.45, 2.75) is 13.8 Å². The van der Waals surface area contributed by atoms with Crippen LogP contribution in [0.25, 0.3) is 5.52 Å². The molecule has 6 heteroatoms. The fourth-order valence-electron chi connectivity index (χ4n) is 1.17. The Hall–Kier alpha value is -1.00. The minimum absolute atomic E-state index is 0. The molecule has 0 aliphatic heterocycles. The lowest BCUT2D eigenvalue weighted by molar-refractivity contribution is 0.878. The molecule has 2 rings (SSSR count). The number of aromatic nitrogens is 3. The number of anilines is 1. The molecule has 2 heterocycles. The Kier molecular flexibility index (Phi) is 4.16. The van der Waals surface area contributed by atoms with Crippen molar-refractivity contribution in [2.75, 3.05) is 5.73 Å². The molecule has 0 aliphatic carbocycles. The fraction of sp³-hybridized carbons (Fsp3) is 0.250. The number of halogens is 2. The van der Waals surface area contributed by atoms with Crippen molar-refractivity contribution in [3.63, 3.8) is 0 Å². The maximum atomic E-state index is 5.67. The lowest BCUT2D eigenvalue weighted by Gasteiger charge is -2.01. The van der Waals surface area contributed by atoms with Gasteiger partial charge in [0.25, 0.3) is 0 Å². The molecule has 2 aromatic rings. The molecule has 4 nitrogen and oxygen atoms in total. The smallest absolute Gasteiger partial charge is 0.108 e. The molecule has 0 saturated carbocycles. The predicted octanol–water partition coefficient (Wildman–Crippen LogP) is 1.77. The van der Waals surface area contributed by atoms with Gasteiger partial charge in [-0.25, -0.2) is 4.52 Å². The van der Waals surface area contributed by atoms with E-state index in [1.54, 1.807) is 16.9 Å². The topological polar surface area (TPSA) is 56.2 Å². The van der Waals surface area contributed by atoms with Gasteiger partial charge in [0.1, 0.15) is 5.52 Å². The molecule has 0 amide bonds. The Morgan fingerprint density at radius 3 is 2.50 bits per heavy atom. The fourth-order valence-corrected chi connectivity index (χ4v) is 1.17. The quantitative estimate of drug-likeness (QED) is 0.757. The minimum atomic E-state index is 0. The lowest BCUT2D eigenvalue weighted by atomic mass is 10.3. The van der Waals surface area contributed by atoms with Crippen LogP contribution < -0.4 is 5.73 Å². The van der Waals surface area contributed by atoms with E-state index in [1.165, 1.54) is 0 Å². The first-order valence-corrected chi connectivity index (χ1v) is 3.75. The summed E-state index contributed by atoms with van der Waals surface area (Å²) in [6.07, 6.45) is 3.38. The molecule has 78 valence electrons. The summed E-state index contributed by atoms with van der Waals surface area (Å²) >= 11 is 0. The van der Waals surface area contributed by atoms with Gasteiger partial charge < -0.3 is 5.73 Å². The van der Waals surface area contributed by atoms with Gasteiger partial charge in [0.2, 0.25) is 0 Å². The molecule has 0 atom stereocenters. The van der Waals surface area contributed by atoms with Crippen LogP contribution in [0.3, 0.4) is 0 Å². The molecule has 0 fully saturated rings. The first-order valence-electron chi connectivity index (χ1n) is 3.75. The van der Waals surface area contributed by atoms with E-state index in [-0.39, 0.29) is 24.8 Å². The highest BCUT2D eigenvalue weighted by atomic mass is 35.5. The highest BCUT2D eigenvalue weighted by Gasteiger charge is 2.04. The number of hydrogen-bond donors (Lipinski definition) is 1. The number of nitrogen functional groups attached to an aromatic ring is 1. The Balaban J connectivity index is 0.000000845. The number of fused-ring (bicyclic) bond motifs is 1. The zero-order chi connectivity index (χ0) is 8.72. The molecule has 0 bridgehead atoms. The SMILES string of the molecule is Cc1ncc2c(N)cnn2c1C.Cl.Cl. The normalized spacial score (nSPS) is 9.29. The summed E-state index contributed by atoms with van der Waals surface area (Å²) in [5, 5.41) is 4.13. The van der Waals surface area contributed by atoms with E-state index in [2.05, 4.69) is 10.1 Å². The first-order chi connectivity index (χ1) is 5.70. The predicted molar refractivity (Wildman–Crippen MR) is 61.4 cm³/mol. The van der Waals surface area contributed by atoms with Crippen molar-refractivity contribution in [1.29, 1.82) is 0 Å². The largest absolute Gasteiger partial charge is 0.396 e. The molecular weight excluding hydrogens is 223 g/mol. The maximum absolute atomic E-state index is 5.67. The van der Waals surface area contributed by atoms with Crippen molar-refractivity contribution < 1.29 is 0 Å². The van der Waals surface area contributed by atoms with E-state index < -0.39 is 0 Å². The van der Waals surface area contributed by atoms with Crippen molar-refractivity contribution in [3.05, 3.63) is 23.8 Å². The maximum Gasteiger partial charge on any atom is 0.108 e. The van der Waals surface area contributed by atoms with Gasteiger partial charge in [-0.2, -0.15) is 5.10 Å². The second kappa shape index (κ2) is 4.48. The second-order valence-electron chi connectivity index (χ2n) is 2.83. The molecule has 0 unspecified atom stereocenters. The van der Waals surface area contributed by atoms with Gasteiger partial charge in [-0.3, -0.25) is 4.98 Å². The second-order valence-corrected chi connectivity index (χ2v) is 2.83. The van der Waals surface area contributed by atoms with Crippen LogP contribution in [0.15, 0.2) is 12.4 Å². The van der Waals surface area contributed by atoms with Crippen LogP contribution in [-0.2, 0) is 0 Å². The molecule has 0 aliphatic rings. The van der Waals surface area contributed by atoms with E-state index in [4.69, 9.17) is 5.73 Å². The van der Waals surface area contributed by atoms with Crippen LogP contribution in [0.2, 0.25) is 0 Å². The van der Waals surface area contributed by atoms with E-state index in [1.807, 2.05) is 13.8 Å². The van der Waals surface area contributed by atoms with Gasteiger partial charge in [0.15, 0.2) is 0 Å². The minimum Gasteiger partial charge on any atom is -0.396 e. The average molecular weight is 235 g/mol. The Morgan fingerprint density at radius 1 is 1.21 bits per heavy atom. The lowest BCUT2D eigenvalue weighted by Crippen LogP contribution is -1.98. The van der Waals surface area contributed by atoms with Crippen molar-refractivity contribution in [1.82, 2.24) is 14.6 Å². The summed E-state index contributed by atoms with van der Waals surface area (Å²) < 4.78 is 1.80. The molecule has 0 saturated heterocycles. The zero-order valence-corrected chi connectivity index (χ0v) is 9.52. The molecule has 2 aromatic heterocycles. The van der Waals surface area contributed by atoms with E-state index in [0.717, 1.165) is 16.9 Å². The molecule has 0 radical (unpaired) electrons. The highest BCUT2D eigenvalue weighted by molar-refractivity contribution is 5.85. The van der Waals surface area contributed by atoms with Crippen molar-refractivity contribution >= 4 is 36.0 Å². The summed E-state index contributed by atoms with van der Waals surface area (Å²) in [5.41, 5.74) is 9.23. The molecule has 14 heavy (non-hydrogen) atoms. The summed E-state index contributed by atoms with van der Waals surface area (Å²) in [4.78, 5) is 4.20. The molecule has 0 aromatic carbocycles. The molecule has 0 spiro atoms. The average Bonchev–Trinajstić information content (AvgIpc) is 2.41. The van der Waals surface area contributed by atoms with Gasteiger partial charge in [-0.05, 0) is 13.8 Å². The zero-order valence-electron chi connectivity index (χ0n) is 7.89. The summed E-state index contributed by atoms with van der Waals surface area (Å²) in [5.74, 6) is 0. The van der Waals surface area contributed by atoms with E-state index in [0.29, 0.717) is 5.69 Å². The number of nitrogens with two attached hydrogens (primary N) is 1. The summed E-state index contributed by atoms with van der Waals surface area (Å²) in [7, 11) is 0. The van der Waals surface area contributed by atoms with Crippen LogP contribution in [0.4, 0.5) is 5.69 Å². The molecule has 2 N–H and O–H groups in total. The summed E-state index contributed by atoms with van der Waals surface area (Å²) in [6, 6.07) is 0. The van der Waals surface area contributed by atoms with E-state index in [9.17, 15) is 0 Å². The van der Waals surface area contributed by atoms with E-state index >= 15 is 0 Å². The standard InChI is InChI=1S/C8H10N4.2ClH/c1-5-6(2)12-8(4-10-5)7(9)3-11-12;;/h3-4H,9H2,1-2H3;2*1H. The number of hydrogen-bond acceptors (Lipinski definition) is 3. The third kappa shape index (κ3) is 1.76. The van der Waals surface area contributed by atoms with Gasteiger partial charge >= 0.3 is 0 Å². The molecular formula is C8H12Cl2N4. The monoisotopic (exact) mass is 234 g/mol. The summed E-state index contributed by atoms with van der Waals surface area (Å²) in [6.45, 7) is 3.93. The first kappa shape index (κ1) is 13.0. The van der Waals surface area contributed by atoms with Crippen LogP contribution >= 0.6 is 24.8 Å². The van der Waals surface area contributed by atoms with Gasteiger partial charge in [0, 0.05) is 0 Å². The van der Waals surface area contributed by atoms with Crippen LogP contribution in [0.1, 0.15) is 11.4 Å². The number of nitrogens with zero attached hydrogens (tertiary/aromatic N) is 3. The third-order valence-corrected chi connectivity index (χ3v) is 2.06. The van der Waals surface area contributed by atoms with Gasteiger partial charge in [-0.15, -0.1) is 24.8 Å². The highest BCUT2D eigenvalue weighted by Crippen LogP contribution is 2.13. The Bertz CT molecular complexity index is 438. The van der Waals surface area contributed by atoms with Crippen LogP contribution in [0, 0.1) is 13.8 Å². The van der Waals surface area contributed by atoms with Gasteiger partial charge in [-0.1, -0.05) is 0 Å². The number of rotatable bonds is 0. The van der Waals surface area contributed by atoms with Crippen molar-refractivity contribution in [3.8, 4) is 0 Å². The van der Waals surface area contributed by atoms with Crippen molar-refractivity contribution in [2.24, 2.45) is 0 Å². The number of aryl methyl sites for hydroxylation is 2. The Morgan fingerprint density at radius 2 is 1.86 bits per heavy atom. The Labute approximate surface area is 94.3 Å². The third-order valence-electron chi connectivity index (χ3n) is 2.06. The van der Waals surface area contributed by atoms with Crippen LogP contribution in [0.5, 0.6) is 0 Å². The van der Waals surface area contributed by atoms with Gasteiger partial charge in [0.05, 0.1) is 29.5 Å².